The van der Waals surface area contributed by atoms with E-state index in [1.807, 2.05) is 29.2 Å². The normalized spacial score (nSPS) is 15.9. The van der Waals surface area contributed by atoms with Gasteiger partial charge < -0.3 is 24.6 Å². The molecule has 0 bridgehead atoms. The number of carbonyl (C=O) groups excluding carboxylic acids is 2. The van der Waals surface area contributed by atoms with Crippen LogP contribution in [0.15, 0.2) is 52.3 Å². The summed E-state index contributed by atoms with van der Waals surface area (Å²) in [4.78, 5) is 32.2. The molecule has 2 aromatic rings. The molecule has 1 N–H and O–H groups in total. The van der Waals surface area contributed by atoms with E-state index in [1.54, 1.807) is 26.8 Å². The van der Waals surface area contributed by atoms with E-state index in [9.17, 15) is 22.8 Å². The number of amides is 1. The Balaban J connectivity index is 1.15. The Morgan fingerprint density at radius 1 is 0.884 bits per heavy atom. The van der Waals surface area contributed by atoms with Crippen molar-refractivity contribution in [2.45, 2.75) is 61.6 Å². The van der Waals surface area contributed by atoms with E-state index in [4.69, 9.17) is 9.47 Å². The fraction of sp³-hybridized carbons (Fsp3) is 0.548. The SMILES string of the molecule is CC(C)(C)OC(=O)NCCCC(=O)OCCN1CCN(CCCN2c3ccccc3Sc3ccc(C(F)(F)F)cc32)CC1. The first kappa shape index (κ1) is 32.9. The van der Waals surface area contributed by atoms with Crippen LogP contribution in [-0.4, -0.2) is 86.4 Å². The number of alkyl halides is 3. The number of nitrogens with one attached hydrogen (secondary N) is 1. The Morgan fingerprint density at radius 2 is 1.56 bits per heavy atom. The highest BCUT2D eigenvalue weighted by Crippen LogP contribution is 2.49. The molecule has 0 unspecified atom stereocenters. The van der Waals surface area contributed by atoms with Crippen LogP contribution in [0.5, 0.6) is 0 Å². The van der Waals surface area contributed by atoms with Crippen molar-refractivity contribution < 1.29 is 32.2 Å². The lowest BCUT2D eigenvalue weighted by molar-refractivity contribution is -0.144. The molecule has 236 valence electrons. The number of fused-ring (bicyclic) bond motifs is 2. The predicted molar refractivity (Wildman–Crippen MR) is 161 cm³/mol. The van der Waals surface area contributed by atoms with Crippen LogP contribution in [0.25, 0.3) is 0 Å². The van der Waals surface area contributed by atoms with E-state index in [-0.39, 0.29) is 12.4 Å². The molecule has 0 aliphatic carbocycles. The number of piperazine rings is 1. The van der Waals surface area contributed by atoms with Crippen LogP contribution in [0.1, 0.15) is 45.6 Å². The maximum Gasteiger partial charge on any atom is 0.416 e. The Morgan fingerprint density at radius 3 is 2.26 bits per heavy atom. The molecule has 0 atom stereocenters. The molecule has 2 aliphatic heterocycles. The van der Waals surface area contributed by atoms with Crippen LogP contribution < -0.4 is 10.2 Å². The first-order valence-corrected chi connectivity index (χ1v) is 15.5. The Kier molecular flexibility index (Phi) is 11.2. The second kappa shape index (κ2) is 14.7. The fourth-order valence-corrected chi connectivity index (χ4v) is 6.11. The van der Waals surface area contributed by atoms with Gasteiger partial charge in [-0.3, -0.25) is 9.69 Å². The van der Waals surface area contributed by atoms with Crippen molar-refractivity contribution in [2.24, 2.45) is 0 Å². The molecule has 1 saturated heterocycles. The number of hydrogen-bond acceptors (Lipinski definition) is 8. The van der Waals surface area contributed by atoms with E-state index < -0.39 is 23.4 Å². The van der Waals surface area contributed by atoms with Gasteiger partial charge in [0, 0.05) is 62.0 Å². The predicted octanol–water partition coefficient (Wildman–Crippen LogP) is 6.16. The molecule has 2 aliphatic rings. The van der Waals surface area contributed by atoms with Gasteiger partial charge in [-0.2, -0.15) is 13.2 Å². The van der Waals surface area contributed by atoms with Gasteiger partial charge in [0.05, 0.1) is 16.9 Å². The van der Waals surface area contributed by atoms with Crippen LogP contribution in [0.4, 0.5) is 29.3 Å². The molecule has 2 aromatic carbocycles. The lowest BCUT2D eigenvalue weighted by Gasteiger charge is -2.36. The topological polar surface area (TPSA) is 74.3 Å². The molecule has 43 heavy (non-hydrogen) atoms. The van der Waals surface area contributed by atoms with Crippen LogP contribution in [-0.2, 0) is 20.4 Å². The lowest BCUT2D eigenvalue weighted by atomic mass is 10.1. The Bertz CT molecular complexity index is 1250. The standard InChI is InChI=1S/C31H41F3N4O4S/c1-30(2,3)42-29(40)35-13-6-10-28(39)41-21-20-37-18-16-36(17-19-37)14-7-15-38-24-8-4-5-9-26(24)43-27-12-11-23(22-25(27)38)31(32,33)34/h4-5,8-9,11-12,22H,6-7,10,13-21H2,1-3H3,(H,35,40). The average Bonchev–Trinajstić information content (AvgIpc) is 2.94. The minimum Gasteiger partial charge on any atom is -0.464 e. The minimum atomic E-state index is -4.39. The minimum absolute atomic E-state index is 0.228. The maximum atomic E-state index is 13.5. The molecule has 8 nitrogen and oxygen atoms in total. The van der Waals surface area contributed by atoms with E-state index in [2.05, 4.69) is 15.1 Å². The monoisotopic (exact) mass is 622 g/mol. The number of hydrogen-bond donors (Lipinski definition) is 1. The molecule has 1 fully saturated rings. The number of para-hydroxylation sites is 1. The van der Waals surface area contributed by atoms with Gasteiger partial charge in [0.15, 0.2) is 0 Å². The summed E-state index contributed by atoms with van der Waals surface area (Å²) in [6.45, 7) is 11.7. The third-order valence-electron chi connectivity index (χ3n) is 7.17. The van der Waals surface area contributed by atoms with E-state index in [0.717, 1.165) is 60.7 Å². The van der Waals surface area contributed by atoms with Crippen LogP contribution in [0, 0.1) is 0 Å². The lowest BCUT2D eigenvalue weighted by Crippen LogP contribution is -2.47. The van der Waals surface area contributed by atoms with Gasteiger partial charge in [-0.25, -0.2) is 4.79 Å². The number of esters is 1. The summed E-state index contributed by atoms with van der Waals surface area (Å²) in [5, 5.41) is 2.63. The molecule has 4 rings (SSSR count). The van der Waals surface area contributed by atoms with Gasteiger partial charge in [0.25, 0.3) is 0 Å². The summed E-state index contributed by atoms with van der Waals surface area (Å²) >= 11 is 1.51. The van der Waals surface area contributed by atoms with Crippen molar-refractivity contribution in [1.82, 2.24) is 15.1 Å². The smallest absolute Gasteiger partial charge is 0.416 e. The molecule has 0 saturated carbocycles. The van der Waals surface area contributed by atoms with Crippen molar-refractivity contribution in [3.8, 4) is 0 Å². The Labute approximate surface area is 255 Å². The second-order valence-corrected chi connectivity index (χ2v) is 12.8. The van der Waals surface area contributed by atoms with Crippen molar-refractivity contribution in [1.29, 1.82) is 0 Å². The molecule has 0 radical (unpaired) electrons. The quantitative estimate of drug-likeness (QED) is 0.236. The van der Waals surface area contributed by atoms with E-state index in [1.165, 1.54) is 17.8 Å². The summed E-state index contributed by atoms with van der Waals surface area (Å²) in [7, 11) is 0. The highest BCUT2D eigenvalue weighted by atomic mass is 32.2. The van der Waals surface area contributed by atoms with Crippen molar-refractivity contribution in [3.05, 3.63) is 48.0 Å². The first-order valence-electron chi connectivity index (χ1n) is 14.7. The highest BCUT2D eigenvalue weighted by molar-refractivity contribution is 7.99. The van der Waals surface area contributed by atoms with E-state index in [0.29, 0.717) is 38.3 Å². The summed E-state index contributed by atoms with van der Waals surface area (Å²) in [5.41, 5.74) is 0.358. The molecule has 12 heteroatoms. The number of anilines is 2. The van der Waals surface area contributed by atoms with Gasteiger partial charge in [-0.1, -0.05) is 23.9 Å². The summed E-state index contributed by atoms with van der Waals surface area (Å²) in [6, 6.07) is 11.9. The van der Waals surface area contributed by atoms with Crippen LogP contribution >= 0.6 is 11.8 Å². The zero-order valence-electron chi connectivity index (χ0n) is 25.0. The zero-order chi connectivity index (χ0) is 31.0. The summed E-state index contributed by atoms with van der Waals surface area (Å²) in [6.07, 6.45) is -3.36. The zero-order valence-corrected chi connectivity index (χ0v) is 25.9. The van der Waals surface area contributed by atoms with Gasteiger partial charge in [-0.05, 0) is 70.5 Å². The number of benzene rings is 2. The van der Waals surface area contributed by atoms with Crippen LogP contribution in [0.3, 0.4) is 0 Å². The third-order valence-corrected chi connectivity index (χ3v) is 8.30. The van der Waals surface area contributed by atoms with Crippen molar-refractivity contribution in [3.63, 3.8) is 0 Å². The van der Waals surface area contributed by atoms with E-state index >= 15 is 0 Å². The van der Waals surface area contributed by atoms with Gasteiger partial charge in [0.2, 0.25) is 0 Å². The summed E-state index contributed by atoms with van der Waals surface area (Å²) in [5.74, 6) is -0.286. The third kappa shape index (κ3) is 10.0. The number of halogens is 3. The molecule has 2 heterocycles. The number of ether oxygens (including phenoxy) is 2. The number of rotatable bonds is 11. The number of carbonyl (C=O) groups is 2. The fourth-order valence-electron chi connectivity index (χ4n) is 5.03. The Hall–Kier alpha value is -2.96. The van der Waals surface area contributed by atoms with Crippen molar-refractivity contribution >= 4 is 35.2 Å². The van der Waals surface area contributed by atoms with Crippen molar-refractivity contribution in [2.75, 3.05) is 63.9 Å². The van der Waals surface area contributed by atoms with Gasteiger partial charge in [0.1, 0.15) is 12.2 Å². The number of alkyl carbamates (subject to hydrolysis) is 1. The molecule has 0 aromatic heterocycles. The second-order valence-electron chi connectivity index (χ2n) is 11.7. The number of nitrogens with zero attached hydrogens (tertiary/aromatic N) is 3. The van der Waals surface area contributed by atoms with Crippen LogP contribution in [0.2, 0.25) is 0 Å². The highest BCUT2D eigenvalue weighted by Gasteiger charge is 2.33. The first-order chi connectivity index (χ1) is 20.4. The maximum absolute atomic E-state index is 13.5. The summed E-state index contributed by atoms with van der Waals surface area (Å²) < 4.78 is 51.0. The average molecular weight is 623 g/mol. The molecular formula is C31H41F3N4O4S. The largest absolute Gasteiger partial charge is 0.464 e. The molecule has 1 amide bonds. The van der Waals surface area contributed by atoms with Gasteiger partial charge >= 0.3 is 18.2 Å². The molecular weight excluding hydrogens is 581 g/mol. The molecule has 0 spiro atoms. The van der Waals surface area contributed by atoms with Gasteiger partial charge in [-0.15, -0.1) is 0 Å².